The van der Waals surface area contributed by atoms with Crippen molar-refractivity contribution < 1.29 is 0 Å². The molecule has 0 saturated carbocycles. The van der Waals surface area contributed by atoms with Crippen LogP contribution >= 0.6 is 12.4 Å². The van der Waals surface area contributed by atoms with Gasteiger partial charge in [-0.3, -0.25) is 0 Å². The summed E-state index contributed by atoms with van der Waals surface area (Å²) < 4.78 is 0. The third-order valence-electron chi connectivity index (χ3n) is 4.07. The zero-order valence-electron chi connectivity index (χ0n) is 11.7. The monoisotopic (exact) mass is 278 g/mol. The molecular weight excluding hydrogens is 256 g/mol. The van der Waals surface area contributed by atoms with Gasteiger partial charge in [-0.25, -0.2) is 0 Å². The SMILES string of the molecule is CC(C)c1c[nH]c2cc(C3CCCCN3)ccc12.Cl. The standard InChI is InChI=1S/C16H22N2.ClH/c1-11(2)14-10-18-16-9-12(6-7-13(14)16)15-5-3-4-8-17-15;/h6-7,9-11,15,17-18H,3-5,8H2,1-2H3;1H. The minimum absolute atomic E-state index is 0. The smallest absolute Gasteiger partial charge is 0.0460 e. The lowest BCUT2D eigenvalue weighted by Crippen LogP contribution is -2.26. The predicted octanol–water partition coefficient (Wildman–Crippen LogP) is 4.53. The normalized spacial score (nSPS) is 19.6. The summed E-state index contributed by atoms with van der Waals surface area (Å²) in [5.74, 6) is 0.581. The van der Waals surface area contributed by atoms with Crippen LogP contribution in [0.25, 0.3) is 10.9 Å². The molecule has 0 aliphatic carbocycles. The van der Waals surface area contributed by atoms with E-state index in [4.69, 9.17) is 0 Å². The van der Waals surface area contributed by atoms with Crippen LogP contribution in [0.3, 0.4) is 0 Å². The first-order chi connectivity index (χ1) is 8.75. The van der Waals surface area contributed by atoms with Crippen molar-refractivity contribution in [2.24, 2.45) is 0 Å². The summed E-state index contributed by atoms with van der Waals surface area (Å²) in [7, 11) is 0. The van der Waals surface area contributed by atoms with E-state index in [0.29, 0.717) is 12.0 Å². The molecule has 2 N–H and O–H groups in total. The molecule has 2 nitrogen and oxygen atoms in total. The zero-order chi connectivity index (χ0) is 12.5. The highest BCUT2D eigenvalue weighted by molar-refractivity contribution is 5.85. The largest absolute Gasteiger partial charge is 0.361 e. The molecule has 104 valence electrons. The lowest BCUT2D eigenvalue weighted by molar-refractivity contribution is 0.412. The number of fused-ring (bicyclic) bond motifs is 1. The van der Waals surface area contributed by atoms with Crippen molar-refractivity contribution >= 4 is 23.3 Å². The average Bonchev–Trinajstić information content (AvgIpc) is 2.82. The number of nitrogens with one attached hydrogen (secondary N) is 2. The molecule has 1 aliphatic rings. The molecule has 1 unspecified atom stereocenters. The van der Waals surface area contributed by atoms with Crippen molar-refractivity contribution in [3.63, 3.8) is 0 Å². The maximum Gasteiger partial charge on any atom is 0.0460 e. The van der Waals surface area contributed by atoms with Crippen LogP contribution < -0.4 is 5.32 Å². The van der Waals surface area contributed by atoms with E-state index in [1.165, 1.54) is 41.3 Å². The summed E-state index contributed by atoms with van der Waals surface area (Å²) >= 11 is 0. The van der Waals surface area contributed by atoms with Crippen LogP contribution in [0.5, 0.6) is 0 Å². The molecule has 2 heterocycles. The van der Waals surface area contributed by atoms with Gasteiger partial charge in [0.05, 0.1) is 0 Å². The molecule has 3 rings (SSSR count). The Morgan fingerprint density at radius 3 is 2.74 bits per heavy atom. The van der Waals surface area contributed by atoms with Gasteiger partial charge < -0.3 is 10.3 Å². The highest BCUT2D eigenvalue weighted by Crippen LogP contribution is 2.29. The second-order valence-corrected chi connectivity index (χ2v) is 5.71. The second kappa shape index (κ2) is 5.98. The van der Waals surface area contributed by atoms with E-state index in [2.05, 4.69) is 48.5 Å². The quantitative estimate of drug-likeness (QED) is 0.830. The van der Waals surface area contributed by atoms with Gasteiger partial charge in [-0.1, -0.05) is 32.4 Å². The van der Waals surface area contributed by atoms with E-state index >= 15 is 0 Å². The van der Waals surface area contributed by atoms with Crippen molar-refractivity contribution in [3.8, 4) is 0 Å². The molecule has 1 fully saturated rings. The van der Waals surface area contributed by atoms with E-state index in [1.54, 1.807) is 0 Å². The van der Waals surface area contributed by atoms with Gasteiger partial charge in [0.15, 0.2) is 0 Å². The van der Waals surface area contributed by atoms with Crippen LogP contribution in [0.4, 0.5) is 0 Å². The van der Waals surface area contributed by atoms with Crippen LogP contribution in [-0.2, 0) is 0 Å². The van der Waals surface area contributed by atoms with Crippen LogP contribution in [-0.4, -0.2) is 11.5 Å². The fourth-order valence-electron chi connectivity index (χ4n) is 3.00. The highest BCUT2D eigenvalue weighted by atomic mass is 35.5. The minimum Gasteiger partial charge on any atom is -0.361 e. The fraction of sp³-hybridized carbons (Fsp3) is 0.500. The van der Waals surface area contributed by atoms with Gasteiger partial charge in [0.1, 0.15) is 0 Å². The second-order valence-electron chi connectivity index (χ2n) is 5.71. The van der Waals surface area contributed by atoms with Gasteiger partial charge in [-0.15, -0.1) is 12.4 Å². The van der Waals surface area contributed by atoms with Crippen molar-refractivity contribution in [3.05, 3.63) is 35.5 Å². The van der Waals surface area contributed by atoms with Crippen molar-refractivity contribution in [1.82, 2.24) is 10.3 Å². The number of H-pyrrole nitrogens is 1. The van der Waals surface area contributed by atoms with E-state index in [-0.39, 0.29) is 12.4 Å². The summed E-state index contributed by atoms with van der Waals surface area (Å²) in [6, 6.07) is 7.45. The van der Waals surface area contributed by atoms with E-state index in [1.807, 2.05) is 0 Å². The molecule has 1 aliphatic heterocycles. The molecule has 0 amide bonds. The number of hydrogen-bond donors (Lipinski definition) is 2. The summed E-state index contributed by atoms with van der Waals surface area (Å²) in [5.41, 5.74) is 4.14. The molecule has 1 saturated heterocycles. The number of piperidine rings is 1. The maximum atomic E-state index is 3.62. The molecule has 2 aromatic rings. The number of benzene rings is 1. The van der Waals surface area contributed by atoms with Gasteiger partial charge in [0, 0.05) is 23.1 Å². The van der Waals surface area contributed by atoms with Crippen molar-refractivity contribution in [2.45, 2.75) is 45.1 Å². The maximum absolute atomic E-state index is 3.62. The summed E-state index contributed by atoms with van der Waals surface area (Å²) in [4.78, 5) is 3.42. The Morgan fingerprint density at radius 2 is 2.05 bits per heavy atom. The molecule has 0 spiro atoms. The molecule has 1 aromatic carbocycles. The molecular formula is C16H23ClN2. The Bertz CT molecular complexity index is 539. The minimum atomic E-state index is 0. The van der Waals surface area contributed by atoms with Gasteiger partial charge in [0.25, 0.3) is 0 Å². The molecule has 3 heteroatoms. The molecule has 19 heavy (non-hydrogen) atoms. The number of aromatic nitrogens is 1. The molecule has 1 atom stereocenters. The third-order valence-corrected chi connectivity index (χ3v) is 4.07. The number of hydrogen-bond acceptors (Lipinski definition) is 1. The first kappa shape index (κ1) is 14.4. The Hall–Kier alpha value is -0.990. The fourth-order valence-corrected chi connectivity index (χ4v) is 3.00. The lowest BCUT2D eigenvalue weighted by Gasteiger charge is -2.23. The Balaban J connectivity index is 0.00000133. The van der Waals surface area contributed by atoms with Gasteiger partial charge in [0.2, 0.25) is 0 Å². The molecule has 1 aromatic heterocycles. The topological polar surface area (TPSA) is 27.8 Å². The van der Waals surface area contributed by atoms with Gasteiger partial charge in [-0.05, 0) is 42.5 Å². The summed E-state index contributed by atoms with van der Waals surface area (Å²) in [6.45, 7) is 5.66. The van der Waals surface area contributed by atoms with Crippen LogP contribution in [0, 0.1) is 0 Å². The summed E-state index contributed by atoms with van der Waals surface area (Å²) in [6.07, 6.45) is 6.09. The van der Waals surface area contributed by atoms with Crippen LogP contribution in [0.1, 0.15) is 56.2 Å². The lowest BCUT2D eigenvalue weighted by atomic mass is 9.95. The van der Waals surface area contributed by atoms with Crippen LogP contribution in [0.15, 0.2) is 24.4 Å². The van der Waals surface area contributed by atoms with E-state index in [0.717, 1.165) is 6.54 Å². The molecule has 0 bridgehead atoms. The Labute approximate surface area is 121 Å². The third kappa shape index (κ3) is 2.80. The average molecular weight is 279 g/mol. The number of rotatable bonds is 2. The van der Waals surface area contributed by atoms with Crippen molar-refractivity contribution in [2.75, 3.05) is 6.54 Å². The van der Waals surface area contributed by atoms with Crippen molar-refractivity contribution in [1.29, 1.82) is 0 Å². The van der Waals surface area contributed by atoms with Crippen LogP contribution in [0.2, 0.25) is 0 Å². The van der Waals surface area contributed by atoms with Gasteiger partial charge in [-0.2, -0.15) is 0 Å². The van der Waals surface area contributed by atoms with E-state index in [9.17, 15) is 0 Å². The van der Waals surface area contributed by atoms with Gasteiger partial charge >= 0.3 is 0 Å². The summed E-state index contributed by atoms with van der Waals surface area (Å²) in [5, 5.41) is 4.99. The number of aromatic amines is 1. The Morgan fingerprint density at radius 1 is 1.21 bits per heavy atom. The molecule has 0 radical (unpaired) electrons. The predicted molar refractivity (Wildman–Crippen MR) is 84.2 cm³/mol. The first-order valence-electron chi connectivity index (χ1n) is 7.10. The van der Waals surface area contributed by atoms with E-state index < -0.39 is 0 Å². The first-order valence-corrected chi connectivity index (χ1v) is 7.10. The number of halogens is 1. The highest BCUT2D eigenvalue weighted by Gasteiger charge is 2.16. The Kier molecular flexibility index (Phi) is 4.54. The zero-order valence-corrected chi connectivity index (χ0v) is 12.5.